The molecule has 0 spiro atoms. The smallest absolute Gasteiger partial charge is 0.220 e. The third-order valence-electron chi connectivity index (χ3n) is 4.11. The Morgan fingerprint density at radius 1 is 1.30 bits per heavy atom. The Morgan fingerprint density at radius 3 is 2.80 bits per heavy atom. The van der Waals surface area contributed by atoms with Gasteiger partial charge in [-0.3, -0.25) is 4.90 Å². The highest BCUT2D eigenvalue weighted by atomic mass is 15.2. The van der Waals surface area contributed by atoms with Gasteiger partial charge in [0.15, 0.2) is 0 Å². The van der Waals surface area contributed by atoms with Crippen LogP contribution in [0, 0.1) is 13.8 Å². The molecule has 0 amide bonds. The van der Waals surface area contributed by atoms with Crippen LogP contribution in [-0.4, -0.2) is 31.0 Å². The van der Waals surface area contributed by atoms with Gasteiger partial charge in [-0.05, 0) is 13.8 Å². The molecule has 106 valence electrons. The number of fused-ring (bicyclic) bond motifs is 1. The Labute approximate surface area is 118 Å². The van der Waals surface area contributed by atoms with Gasteiger partial charge in [-0.2, -0.15) is 0 Å². The first-order chi connectivity index (χ1) is 9.54. The molecule has 0 radical (unpaired) electrons. The molecular formula is C14H20N6. The maximum atomic E-state index is 5.63. The predicted octanol–water partition coefficient (Wildman–Crippen LogP) is 0.967. The fourth-order valence-electron chi connectivity index (χ4n) is 2.65. The van der Waals surface area contributed by atoms with Crippen LogP contribution in [0.3, 0.4) is 0 Å². The number of hydrogen-bond donors (Lipinski definition) is 1. The van der Waals surface area contributed by atoms with Crippen LogP contribution >= 0.6 is 0 Å². The Balaban J connectivity index is 1.77. The number of aromatic nitrogens is 4. The van der Waals surface area contributed by atoms with Gasteiger partial charge in [-0.15, -0.1) is 0 Å². The van der Waals surface area contributed by atoms with Crippen LogP contribution in [-0.2, 0) is 26.6 Å². The van der Waals surface area contributed by atoms with E-state index in [0.29, 0.717) is 5.95 Å². The molecule has 0 fully saturated rings. The monoisotopic (exact) mass is 272 g/mol. The van der Waals surface area contributed by atoms with E-state index in [9.17, 15) is 0 Å². The second-order valence-corrected chi connectivity index (χ2v) is 5.42. The summed E-state index contributed by atoms with van der Waals surface area (Å²) >= 11 is 0. The molecule has 0 bridgehead atoms. The first-order valence-electron chi connectivity index (χ1n) is 6.86. The van der Waals surface area contributed by atoms with Crippen LogP contribution in [0.4, 0.5) is 5.95 Å². The predicted molar refractivity (Wildman–Crippen MR) is 76.9 cm³/mol. The molecule has 0 atom stereocenters. The van der Waals surface area contributed by atoms with Crippen molar-refractivity contribution in [2.24, 2.45) is 7.05 Å². The molecule has 1 aliphatic rings. The maximum absolute atomic E-state index is 5.63. The molecule has 0 aromatic carbocycles. The number of anilines is 1. The third kappa shape index (κ3) is 2.27. The van der Waals surface area contributed by atoms with E-state index < -0.39 is 0 Å². The van der Waals surface area contributed by atoms with E-state index in [1.807, 2.05) is 6.20 Å². The third-order valence-corrected chi connectivity index (χ3v) is 4.11. The zero-order chi connectivity index (χ0) is 14.3. The van der Waals surface area contributed by atoms with Crippen LogP contribution < -0.4 is 5.73 Å². The summed E-state index contributed by atoms with van der Waals surface area (Å²) in [6, 6.07) is 0. The van der Waals surface area contributed by atoms with Gasteiger partial charge in [0.2, 0.25) is 5.95 Å². The van der Waals surface area contributed by atoms with E-state index in [4.69, 9.17) is 5.73 Å². The average Bonchev–Trinajstić information content (AvgIpc) is 2.66. The minimum absolute atomic E-state index is 0.368. The number of hydrogen-bond acceptors (Lipinski definition) is 5. The summed E-state index contributed by atoms with van der Waals surface area (Å²) in [7, 11) is 2.08. The minimum atomic E-state index is 0.368. The lowest BCUT2D eigenvalue weighted by molar-refractivity contribution is 0.234. The number of imidazole rings is 1. The van der Waals surface area contributed by atoms with Crippen LogP contribution in [0.15, 0.2) is 6.20 Å². The van der Waals surface area contributed by atoms with Crippen molar-refractivity contribution in [2.45, 2.75) is 33.4 Å². The summed E-state index contributed by atoms with van der Waals surface area (Å²) in [4.78, 5) is 15.4. The van der Waals surface area contributed by atoms with Crippen molar-refractivity contribution in [1.82, 2.24) is 24.4 Å². The summed E-state index contributed by atoms with van der Waals surface area (Å²) in [6.07, 6.45) is 2.77. The van der Waals surface area contributed by atoms with Gasteiger partial charge in [0.1, 0.15) is 5.82 Å². The molecule has 3 rings (SSSR count). The molecular weight excluding hydrogens is 252 g/mol. The fourth-order valence-corrected chi connectivity index (χ4v) is 2.65. The van der Waals surface area contributed by atoms with Crippen molar-refractivity contribution in [3.8, 4) is 0 Å². The van der Waals surface area contributed by atoms with E-state index in [1.165, 1.54) is 11.3 Å². The van der Waals surface area contributed by atoms with Crippen molar-refractivity contribution in [2.75, 3.05) is 12.3 Å². The average molecular weight is 272 g/mol. The Kier molecular flexibility index (Phi) is 3.17. The molecule has 2 N–H and O–H groups in total. The molecule has 2 aromatic rings. The molecule has 6 nitrogen and oxygen atoms in total. The molecule has 20 heavy (non-hydrogen) atoms. The highest BCUT2D eigenvalue weighted by Gasteiger charge is 2.20. The highest BCUT2D eigenvalue weighted by Crippen LogP contribution is 2.19. The van der Waals surface area contributed by atoms with Crippen molar-refractivity contribution in [3.63, 3.8) is 0 Å². The van der Waals surface area contributed by atoms with Crippen LogP contribution in [0.5, 0.6) is 0 Å². The minimum Gasteiger partial charge on any atom is -0.368 e. The second-order valence-electron chi connectivity index (χ2n) is 5.42. The second kappa shape index (κ2) is 4.86. The Hall–Kier alpha value is -1.95. The molecule has 0 unspecified atom stereocenters. The van der Waals surface area contributed by atoms with Crippen LogP contribution in [0.1, 0.15) is 28.5 Å². The maximum Gasteiger partial charge on any atom is 0.220 e. The molecule has 6 heteroatoms. The Morgan fingerprint density at radius 2 is 2.10 bits per heavy atom. The summed E-state index contributed by atoms with van der Waals surface area (Å²) in [5, 5.41) is 0. The molecule has 0 saturated heterocycles. The standard InChI is InChI=1S/C14H20N6/c1-9-10(2)19(3)13(17-9)8-20-5-4-12-11(7-20)6-16-14(15)18-12/h6H,4-5,7-8H2,1-3H3,(H2,15,16,18). The van der Waals surface area contributed by atoms with Gasteiger partial charge in [0, 0.05) is 44.0 Å². The van der Waals surface area contributed by atoms with Crippen molar-refractivity contribution < 1.29 is 0 Å². The molecule has 1 aliphatic heterocycles. The summed E-state index contributed by atoms with van der Waals surface area (Å²) in [5.41, 5.74) is 10.2. The molecule has 0 saturated carbocycles. The van der Waals surface area contributed by atoms with Crippen molar-refractivity contribution in [1.29, 1.82) is 0 Å². The van der Waals surface area contributed by atoms with E-state index in [0.717, 1.165) is 43.3 Å². The van der Waals surface area contributed by atoms with Gasteiger partial charge >= 0.3 is 0 Å². The van der Waals surface area contributed by atoms with Gasteiger partial charge in [0.05, 0.1) is 17.9 Å². The molecule has 0 aliphatic carbocycles. The zero-order valence-electron chi connectivity index (χ0n) is 12.2. The lowest BCUT2D eigenvalue weighted by Gasteiger charge is -2.27. The first kappa shape index (κ1) is 13.1. The number of nitrogens with zero attached hydrogens (tertiary/aromatic N) is 5. The van der Waals surface area contributed by atoms with E-state index in [2.05, 4.69) is 45.3 Å². The van der Waals surface area contributed by atoms with Crippen LogP contribution in [0.2, 0.25) is 0 Å². The van der Waals surface area contributed by atoms with Gasteiger partial charge in [-0.25, -0.2) is 15.0 Å². The fraction of sp³-hybridized carbons (Fsp3) is 0.500. The normalized spacial score (nSPS) is 15.3. The van der Waals surface area contributed by atoms with E-state index in [-0.39, 0.29) is 0 Å². The first-order valence-corrected chi connectivity index (χ1v) is 6.86. The number of rotatable bonds is 2. The highest BCUT2D eigenvalue weighted by molar-refractivity contribution is 5.27. The van der Waals surface area contributed by atoms with E-state index >= 15 is 0 Å². The number of nitrogens with two attached hydrogens (primary N) is 1. The quantitative estimate of drug-likeness (QED) is 0.882. The topological polar surface area (TPSA) is 72.9 Å². The molecule has 2 aromatic heterocycles. The lowest BCUT2D eigenvalue weighted by Crippen LogP contribution is -2.32. The Bertz CT molecular complexity index is 645. The van der Waals surface area contributed by atoms with Crippen molar-refractivity contribution in [3.05, 3.63) is 34.7 Å². The molecule has 3 heterocycles. The summed E-state index contributed by atoms with van der Waals surface area (Å²) in [6.45, 7) is 6.86. The lowest BCUT2D eigenvalue weighted by atomic mass is 10.1. The van der Waals surface area contributed by atoms with Crippen molar-refractivity contribution >= 4 is 5.95 Å². The van der Waals surface area contributed by atoms with Gasteiger partial charge in [0.25, 0.3) is 0 Å². The number of aryl methyl sites for hydroxylation is 1. The number of nitrogen functional groups attached to an aromatic ring is 1. The van der Waals surface area contributed by atoms with E-state index in [1.54, 1.807) is 0 Å². The van der Waals surface area contributed by atoms with Crippen LogP contribution in [0.25, 0.3) is 0 Å². The zero-order valence-corrected chi connectivity index (χ0v) is 12.2. The largest absolute Gasteiger partial charge is 0.368 e. The van der Waals surface area contributed by atoms with Gasteiger partial charge < -0.3 is 10.3 Å². The SMILES string of the molecule is Cc1nc(CN2CCc3nc(N)ncc3C2)n(C)c1C. The van der Waals surface area contributed by atoms with Gasteiger partial charge in [-0.1, -0.05) is 0 Å². The summed E-state index contributed by atoms with van der Waals surface area (Å²) in [5.74, 6) is 1.48. The summed E-state index contributed by atoms with van der Waals surface area (Å²) < 4.78 is 2.17.